The number of alkyl halides is 6. The van der Waals surface area contributed by atoms with Gasteiger partial charge in [-0.1, -0.05) is 60.7 Å². The van der Waals surface area contributed by atoms with Crippen molar-refractivity contribution in [3.05, 3.63) is 107 Å². The van der Waals surface area contributed by atoms with Gasteiger partial charge in [-0.25, -0.2) is 0 Å². The Bertz CT molecular complexity index is 1210. The van der Waals surface area contributed by atoms with Crippen molar-refractivity contribution >= 4 is 0 Å². The zero-order chi connectivity index (χ0) is 24.7. The van der Waals surface area contributed by atoms with Gasteiger partial charge >= 0.3 is 12.4 Å². The van der Waals surface area contributed by atoms with Crippen molar-refractivity contribution in [2.75, 3.05) is 0 Å². The molecule has 0 aliphatic carbocycles. The topological polar surface area (TPSA) is 0 Å². The third kappa shape index (κ3) is 4.58. The number of rotatable bonds is 3. The van der Waals surface area contributed by atoms with Gasteiger partial charge in [-0.3, -0.25) is 0 Å². The lowest BCUT2D eigenvalue weighted by molar-refractivity contribution is -0.138. The van der Waals surface area contributed by atoms with E-state index in [0.29, 0.717) is 33.4 Å². The lowest BCUT2D eigenvalue weighted by Crippen LogP contribution is -2.10. The molecule has 4 rings (SSSR count). The molecule has 0 bridgehead atoms. The molecule has 174 valence electrons. The van der Waals surface area contributed by atoms with Crippen LogP contribution in [0.15, 0.2) is 84.9 Å². The summed E-state index contributed by atoms with van der Waals surface area (Å²) in [6.45, 7) is 3.08. The SMILES string of the molecule is Cc1cc(C(F)(F)F)c(-c2ccccc2)cc1-c1cc(-c2ccccc2)c(C(F)(F)F)cc1C. The molecule has 4 aromatic carbocycles. The molecule has 0 spiro atoms. The maximum Gasteiger partial charge on any atom is 0.417 e. The fraction of sp³-hybridized carbons (Fsp3) is 0.143. The van der Waals surface area contributed by atoms with E-state index in [-0.39, 0.29) is 11.1 Å². The maximum atomic E-state index is 13.9. The van der Waals surface area contributed by atoms with E-state index in [1.54, 1.807) is 74.5 Å². The Morgan fingerprint density at radius 3 is 1.06 bits per heavy atom. The molecular formula is C28H20F6. The Kier molecular flexibility index (Phi) is 6.02. The fourth-order valence-electron chi connectivity index (χ4n) is 4.18. The molecule has 0 unspecified atom stereocenters. The summed E-state index contributed by atoms with van der Waals surface area (Å²) in [6.07, 6.45) is -9.17. The highest BCUT2D eigenvalue weighted by molar-refractivity contribution is 5.83. The smallest absolute Gasteiger partial charge is 0.166 e. The van der Waals surface area contributed by atoms with Gasteiger partial charge in [0, 0.05) is 0 Å². The van der Waals surface area contributed by atoms with Crippen molar-refractivity contribution in [2.45, 2.75) is 26.2 Å². The van der Waals surface area contributed by atoms with Crippen molar-refractivity contribution in [1.29, 1.82) is 0 Å². The monoisotopic (exact) mass is 470 g/mol. The van der Waals surface area contributed by atoms with Crippen LogP contribution in [0.4, 0.5) is 26.3 Å². The molecule has 34 heavy (non-hydrogen) atoms. The second kappa shape index (κ2) is 8.67. The van der Waals surface area contributed by atoms with Crippen LogP contribution in [-0.4, -0.2) is 0 Å². The minimum Gasteiger partial charge on any atom is -0.166 e. The van der Waals surface area contributed by atoms with E-state index in [2.05, 4.69) is 0 Å². The first kappa shape index (κ1) is 23.6. The molecule has 0 aromatic heterocycles. The largest absolute Gasteiger partial charge is 0.417 e. The van der Waals surface area contributed by atoms with E-state index in [1.165, 1.54) is 12.1 Å². The summed E-state index contributed by atoms with van der Waals surface area (Å²) in [6, 6.07) is 21.3. The van der Waals surface area contributed by atoms with Crippen molar-refractivity contribution < 1.29 is 26.3 Å². The minimum atomic E-state index is -4.58. The predicted octanol–water partition coefficient (Wildman–Crippen LogP) is 9.34. The second-order valence-corrected chi connectivity index (χ2v) is 8.15. The minimum absolute atomic E-state index is 0.0192. The highest BCUT2D eigenvalue weighted by Gasteiger charge is 2.36. The van der Waals surface area contributed by atoms with Gasteiger partial charge in [-0.2, -0.15) is 26.3 Å². The Morgan fingerprint density at radius 1 is 0.441 bits per heavy atom. The third-order valence-corrected chi connectivity index (χ3v) is 5.80. The average Bonchev–Trinajstić information content (AvgIpc) is 2.79. The second-order valence-electron chi connectivity index (χ2n) is 8.15. The van der Waals surface area contributed by atoms with Crippen molar-refractivity contribution in [2.24, 2.45) is 0 Å². The van der Waals surface area contributed by atoms with Crippen molar-refractivity contribution in [1.82, 2.24) is 0 Å². The molecule has 0 heterocycles. The van der Waals surface area contributed by atoms with Crippen LogP contribution in [0, 0.1) is 13.8 Å². The molecule has 0 atom stereocenters. The lowest BCUT2D eigenvalue weighted by atomic mass is 9.86. The maximum absolute atomic E-state index is 13.9. The molecule has 0 saturated heterocycles. The van der Waals surface area contributed by atoms with Crippen LogP contribution in [0.3, 0.4) is 0 Å². The van der Waals surface area contributed by atoms with E-state index in [1.807, 2.05) is 0 Å². The summed E-state index contributed by atoms with van der Waals surface area (Å²) >= 11 is 0. The average molecular weight is 470 g/mol. The third-order valence-electron chi connectivity index (χ3n) is 5.80. The van der Waals surface area contributed by atoms with Crippen molar-refractivity contribution in [3.63, 3.8) is 0 Å². The number of halogens is 6. The van der Waals surface area contributed by atoms with Gasteiger partial charge in [0.15, 0.2) is 0 Å². The quantitative estimate of drug-likeness (QED) is 0.262. The molecular weight excluding hydrogens is 450 g/mol. The van der Waals surface area contributed by atoms with Crippen LogP contribution in [-0.2, 0) is 12.4 Å². The molecule has 0 fully saturated rings. The van der Waals surface area contributed by atoms with Gasteiger partial charge in [0.25, 0.3) is 0 Å². The molecule has 0 aliphatic heterocycles. The first-order chi connectivity index (χ1) is 16.0. The molecule has 0 radical (unpaired) electrons. The van der Waals surface area contributed by atoms with Gasteiger partial charge in [0.2, 0.25) is 0 Å². The summed E-state index contributed by atoms with van der Waals surface area (Å²) in [5, 5.41) is 0. The van der Waals surface area contributed by atoms with E-state index >= 15 is 0 Å². The van der Waals surface area contributed by atoms with Crippen LogP contribution in [0.5, 0.6) is 0 Å². The summed E-state index contributed by atoms with van der Waals surface area (Å²) in [7, 11) is 0. The first-order valence-corrected chi connectivity index (χ1v) is 10.5. The van der Waals surface area contributed by atoms with E-state index in [9.17, 15) is 26.3 Å². The van der Waals surface area contributed by atoms with Crippen LogP contribution in [0.25, 0.3) is 33.4 Å². The zero-order valence-electron chi connectivity index (χ0n) is 18.4. The Balaban J connectivity index is 2.02. The van der Waals surface area contributed by atoms with Crippen LogP contribution < -0.4 is 0 Å². The van der Waals surface area contributed by atoms with E-state index < -0.39 is 23.5 Å². The van der Waals surface area contributed by atoms with Gasteiger partial charge in [0.05, 0.1) is 11.1 Å². The van der Waals surface area contributed by atoms with Gasteiger partial charge in [-0.05, 0) is 82.6 Å². The molecule has 0 amide bonds. The van der Waals surface area contributed by atoms with Gasteiger partial charge in [-0.15, -0.1) is 0 Å². The predicted molar refractivity (Wildman–Crippen MR) is 122 cm³/mol. The number of hydrogen-bond acceptors (Lipinski definition) is 0. The molecule has 4 aromatic rings. The summed E-state index contributed by atoms with van der Waals surface area (Å²) in [5.74, 6) is 0. The zero-order valence-corrected chi connectivity index (χ0v) is 18.4. The Morgan fingerprint density at radius 2 is 0.765 bits per heavy atom. The van der Waals surface area contributed by atoms with Crippen LogP contribution in [0.1, 0.15) is 22.3 Å². The highest BCUT2D eigenvalue weighted by Crippen LogP contribution is 2.44. The standard InChI is InChI=1S/C28H20F6/c1-17-13-25(27(29,30)31)23(19-9-5-3-6-10-19)15-21(17)22-16-24(20-11-7-4-8-12-20)26(14-18(22)2)28(32,33)34/h3-16H,1-2H3. The van der Waals surface area contributed by atoms with E-state index in [0.717, 1.165) is 12.1 Å². The van der Waals surface area contributed by atoms with Gasteiger partial charge in [0.1, 0.15) is 0 Å². The summed E-state index contributed by atoms with van der Waals surface area (Å²) in [5.41, 5.74) is 0.713. The molecule has 0 nitrogen and oxygen atoms in total. The summed E-state index contributed by atoms with van der Waals surface area (Å²) < 4.78 is 83.2. The van der Waals surface area contributed by atoms with Gasteiger partial charge < -0.3 is 0 Å². The molecule has 0 N–H and O–H groups in total. The Hall–Kier alpha value is -3.54. The lowest BCUT2D eigenvalue weighted by Gasteiger charge is -2.21. The fourth-order valence-corrected chi connectivity index (χ4v) is 4.18. The molecule has 0 saturated carbocycles. The highest BCUT2D eigenvalue weighted by atomic mass is 19.4. The number of aryl methyl sites for hydroxylation is 2. The normalized spacial score (nSPS) is 12.1. The number of benzene rings is 4. The van der Waals surface area contributed by atoms with Crippen LogP contribution >= 0.6 is 0 Å². The molecule has 0 aliphatic rings. The molecule has 6 heteroatoms. The first-order valence-electron chi connectivity index (χ1n) is 10.5. The number of hydrogen-bond donors (Lipinski definition) is 0. The van der Waals surface area contributed by atoms with Crippen LogP contribution in [0.2, 0.25) is 0 Å². The Labute approximate surface area is 193 Å². The van der Waals surface area contributed by atoms with Crippen molar-refractivity contribution in [3.8, 4) is 33.4 Å². The summed E-state index contributed by atoms with van der Waals surface area (Å²) in [4.78, 5) is 0. The van der Waals surface area contributed by atoms with E-state index in [4.69, 9.17) is 0 Å².